The van der Waals surface area contributed by atoms with E-state index in [1.54, 1.807) is 12.1 Å². The van der Waals surface area contributed by atoms with Gasteiger partial charge in [-0.15, -0.1) is 3.89 Å². The Kier molecular flexibility index (Phi) is 4.14. The molecule has 0 aromatic heterocycles. The van der Waals surface area contributed by atoms with Gasteiger partial charge in [0.1, 0.15) is 0 Å². The van der Waals surface area contributed by atoms with Crippen molar-refractivity contribution in [1.82, 2.24) is 0 Å². The van der Waals surface area contributed by atoms with Gasteiger partial charge in [0.25, 0.3) is 0 Å². The van der Waals surface area contributed by atoms with E-state index in [0.29, 0.717) is 0 Å². The van der Waals surface area contributed by atoms with E-state index in [4.69, 9.17) is 0 Å². The molecule has 94 valence electrons. The maximum absolute atomic E-state index is 14.0. The first-order chi connectivity index (χ1) is 8.58. The first kappa shape index (κ1) is 13.2. The molecular formula is C13H11BrFNOS. The van der Waals surface area contributed by atoms with E-state index in [0.717, 1.165) is 10.0 Å². The Morgan fingerprint density at radius 1 is 1.06 bits per heavy atom. The van der Waals surface area contributed by atoms with Gasteiger partial charge in [0.2, 0.25) is 10.1 Å². The molecule has 0 N–H and O–H groups in total. The van der Waals surface area contributed by atoms with Crippen molar-refractivity contribution in [2.75, 3.05) is 0 Å². The molecule has 2 nitrogen and oxygen atoms in total. The lowest BCUT2D eigenvalue weighted by atomic mass is 10.2. The number of benzene rings is 2. The second-order valence-corrected chi connectivity index (χ2v) is 6.25. The van der Waals surface area contributed by atoms with E-state index in [2.05, 4.69) is 20.3 Å². The molecule has 0 radical (unpaired) electrons. The Morgan fingerprint density at radius 3 is 2.28 bits per heavy atom. The van der Waals surface area contributed by atoms with Crippen molar-refractivity contribution in [1.29, 1.82) is 0 Å². The van der Waals surface area contributed by atoms with E-state index in [9.17, 15) is 8.09 Å². The molecule has 0 spiro atoms. The average Bonchev–Trinajstić information content (AvgIpc) is 2.38. The summed E-state index contributed by atoms with van der Waals surface area (Å²) in [4.78, 5) is 0.0987. The van der Waals surface area contributed by atoms with Gasteiger partial charge in [0, 0.05) is 4.47 Å². The van der Waals surface area contributed by atoms with Gasteiger partial charge in [-0.2, -0.15) is 0 Å². The zero-order chi connectivity index (χ0) is 13.0. The van der Waals surface area contributed by atoms with Gasteiger partial charge < -0.3 is 0 Å². The van der Waals surface area contributed by atoms with E-state index in [1.807, 2.05) is 30.3 Å². The topological polar surface area (TPSA) is 29.4 Å². The molecule has 0 saturated heterocycles. The minimum Gasteiger partial charge on any atom is -0.211 e. The van der Waals surface area contributed by atoms with Crippen LogP contribution in [0.4, 0.5) is 3.89 Å². The molecule has 1 unspecified atom stereocenters. The van der Waals surface area contributed by atoms with Crippen LogP contribution >= 0.6 is 15.9 Å². The third kappa shape index (κ3) is 3.40. The summed E-state index contributed by atoms with van der Waals surface area (Å²) in [5.41, 5.74) is 0.833. The van der Waals surface area contributed by atoms with Gasteiger partial charge >= 0.3 is 0 Å². The highest BCUT2D eigenvalue weighted by Gasteiger charge is 2.09. The molecule has 0 fully saturated rings. The largest absolute Gasteiger partial charge is 0.231 e. The number of nitrogens with zero attached hydrogens (tertiary/aromatic N) is 1. The normalized spacial score (nSPS) is 13.9. The van der Waals surface area contributed by atoms with Gasteiger partial charge in [-0.25, -0.2) is 8.57 Å². The van der Waals surface area contributed by atoms with Crippen molar-refractivity contribution < 1.29 is 8.09 Å². The lowest BCUT2D eigenvalue weighted by Gasteiger charge is -2.01. The second-order valence-electron chi connectivity index (χ2n) is 3.69. The van der Waals surface area contributed by atoms with Gasteiger partial charge in [0.15, 0.2) is 0 Å². The Bertz CT molecular complexity index is 634. The summed E-state index contributed by atoms with van der Waals surface area (Å²) in [6.45, 7) is 0.103. The first-order valence-corrected chi connectivity index (χ1v) is 7.51. The standard InChI is InChI=1S/C13H11BrFNOS/c14-12-6-8-13(9-7-12)18(15,17)16-10-11-4-2-1-3-5-11/h1-9H,10H2. The second kappa shape index (κ2) is 5.63. The SMILES string of the molecule is O=S(F)(=NCc1ccccc1)c1ccc(Br)cc1. The molecule has 0 amide bonds. The van der Waals surface area contributed by atoms with Crippen LogP contribution in [0.5, 0.6) is 0 Å². The Morgan fingerprint density at radius 2 is 1.67 bits per heavy atom. The Hall–Kier alpha value is -1.20. The van der Waals surface area contributed by atoms with Gasteiger partial charge in [-0.3, -0.25) is 0 Å². The lowest BCUT2D eigenvalue weighted by molar-refractivity contribution is 0.635. The fraction of sp³-hybridized carbons (Fsp3) is 0.0769. The predicted octanol–water partition coefficient (Wildman–Crippen LogP) is 4.36. The molecule has 0 heterocycles. The van der Waals surface area contributed by atoms with Crippen LogP contribution in [0.3, 0.4) is 0 Å². The minimum absolute atomic E-state index is 0.0987. The van der Waals surface area contributed by atoms with Gasteiger partial charge in [-0.05, 0) is 29.8 Å². The third-order valence-corrected chi connectivity index (χ3v) is 4.20. The van der Waals surface area contributed by atoms with Crippen LogP contribution in [0, 0.1) is 0 Å². The molecule has 2 rings (SSSR count). The van der Waals surface area contributed by atoms with E-state index < -0.39 is 10.1 Å². The average molecular weight is 328 g/mol. The van der Waals surface area contributed by atoms with Crippen LogP contribution in [0.25, 0.3) is 0 Å². The quantitative estimate of drug-likeness (QED) is 0.770. The molecule has 5 heteroatoms. The number of halogens is 2. The fourth-order valence-corrected chi connectivity index (χ4v) is 2.62. The summed E-state index contributed by atoms with van der Waals surface area (Å²) < 4.78 is 30.3. The fourth-order valence-electron chi connectivity index (χ4n) is 1.42. The highest BCUT2D eigenvalue weighted by Crippen LogP contribution is 2.19. The van der Waals surface area contributed by atoms with Crippen LogP contribution in [0.2, 0.25) is 0 Å². The predicted molar refractivity (Wildman–Crippen MR) is 74.2 cm³/mol. The molecule has 0 saturated carbocycles. The maximum Gasteiger partial charge on any atom is 0.231 e. The summed E-state index contributed by atoms with van der Waals surface area (Å²) in [5, 5.41) is 0. The van der Waals surface area contributed by atoms with Crippen LogP contribution in [-0.4, -0.2) is 4.21 Å². The van der Waals surface area contributed by atoms with Crippen molar-refractivity contribution in [3.63, 3.8) is 0 Å². The summed E-state index contributed by atoms with van der Waals surface area (Å²) in [5.74, 6) is 0. The van der Waals surface area contributed by atoms with Crippen LogP contribution in [0.15, 0.2) is 68.3 Å². The van der Waals surface area contributed by atoms with Crippen LogP contribution in [0.1, 0.15) is 5.56 Å². The van der Waals surface area contributed by atoms with Gasteiger partial charge in [-0.1, -0.05) is 46.3 Å². The van der Waals surface area contributed by atoms with Crippen molar-refractivity contribution in [3.8, 4) is 0 Å². The monoisotopic (exact) mass is 327 g/mol. The number of rotatable bonds is 3. The molecule has 0 aliphatic heterocycles. The molecule has 0 aliphatic rings. The Labute approximate surface area is 114 Å². The molecule has 2 aromatic rings. The molecule has 18 heavy (non-hydrogen) atoms. The first-order valence-electron chi connectivity index (χ1n) is 5.30. The lowest BCUT2D eigenvalue weighted by Crippen LogP contribution is -1.93. The van der Waals surface area contributed by atoms with E-state index in [1.165, 1.54) is 12.1 Å². The molecule has 1 atom stereocenters. The highest BCUT2D eigenvalue weighted by atomic mass is 79.9. The summed E-state index contributed by atoms with van der Waals surface area (Å²) in [6, 6.07) is 15.4. The van der Waals surface area contributed by atoms with E-state index in [-0.39, 0.29) is 11.4 Å². The van der Waals surface area contributed by atoms with Gasteiger partial charge in [0.05, 0.1) is 11.4 Å². The number of hydrogen-bond acceptors (Lipinski definition) is 2. The van der Waals surface area contributed by atoms with Crippen molar-refractivity contribution >= 4 is 26.0 Å². The summed E-state index contributed by atoms with van der Waals surface area (Å²) in [6.07, 6.45) is 0. The molecule has 0 aliphatic carbocycles. The van der Waals surface area contributed by atoms with Crippen molar-refractivity contribution in [2.24, 2.45) is 4.36 Å². The molecule has 2 aromatic carbocycles. The number of hydrogen-bond donors (Lipinski definition) is 0. The van der Waals surface area contributed by atoms with Crippen molar-refractivity contribution in [3.05, 3.63) is 64.6 Å². The van der Waals surface area contributed by atoms with E-state index >= 15 is 0 Å². The Balaban J connectivity index is 2.26. The zero-order valence-corrected chi connectivity index (χ0v) is 11.8. The highest BCUT2D eigenvalue weighted by molar-refractivity contribution is 9.10. The van der Waals surface area contributed by atoms with Crippen LogP contribution in [-0.2, 0) is 16.7 Å². The summed E-state index contributed by atoms with van der Waals surface area (Å²) >= 11 is 3.24. The molecule has 0 bridgehead atoms. The zero-order valence-electron chi connectivity index (χ0n) is 9.42. The molecular weight excluding hydrogens is 317 g/mol. The minimum atomic E-state index is -3.82. The maximum atomic E-state index is 14.0. The third-order valence-electron chi connectivity index (χ3n) is 2.36. The van der Waals surface area contributed by atoms with Crippen molar-refractivity contribution in [2.45, 2.75) is 11.4 Å². The smallest absolute Gasteiger partial charge is 0.211 e. The van der Waals surface area contributed by atoms with Crippen LogP contribution < -0.4 is 0 Å². The summed E-state index contributed by atoms with van der Waals surface area (Å²) in [7, 11) is -3.82.